The molecule has 0 saturated carbocycles. The minimum atomic E-state index is -0.412. The smallest absolute Gasteiger partial charge is 0.341 e. The maximum Gasteiger partial charge on any atom is 0.341 e. The van der Waals surface area contributed by atoms with Gasteiger partial charge in [-0.2, -0.15) is 5.10 Å². The number of ether oxygens (including phenoxy) is 1. The highest BCUT2D eigenvalue weighted by atomic mass is 16.5. The Morgan fingerprint density at radius 2 is 2.46 bits per heavy atom. The van der Waals surface area contributed by atoms with Crippen LogP contribution in [0.5, 0.6) is 0 Å². The second kappa shape index (κ2) is 2.85. The van der Waals surface area contributed by atoms with Gasteiger partial charge in [-0.15, -0.1) is 0 Å². The number of carbonyl (C=O) groups is 1. The van der Waals surface area contributed by atoms with Crippen molar-refractivity contribution in [3.05, 3.63) is 30.2 Å². The van der Waals surface area contributed by atoms with Gasteiger partial charge in [0, 0.05) is 18.5 Å². The van der Waals surface area contributed by atoms with Crippen molar-refractivity contribution in [1.82, 2.24) is 14.6 Å². The van der Waals surface area contributed by atoms with E-state index >= 15 is 0 Å². The number of methoxy groups -OCH3 is 1. The first kappa shape index (κ1) is 7.72. The van der Waals surface area contributed by atoms with Crippen LogP contribution in [0.1, 0.15) is 10.4 Å². The van der Waals surface area contributed by atoms with Gasteiger partial charge in [0.25, 0.3) is 0 Å². The lowest BCUT2D eigenvalue weighted by molar-refractivity contribution is 0.0599. The summed E-state index contributed by atoms with van der Waals surface area (Å²) in [6, 6.07) is 1.75. The second-order valence-corrected chi connectivity index (χ2v) is 2.47. The molecule has 0 unspecified atom stereocenters. The standard InChI is InChI=1S/C8H7N3O2/c1-13-8(12)6-4-9-7-2-3-10-11(7)5-6/h2-5H,1H3. The minimum Gasteiger partial charge on any atom is -0.465 e. The SMILES string of the molecule is COC(=O)c1cnc2ccnn2c1. The van der Waals surface area contributed by atoms with E-state index in [9.17, 15) is 4.79 Å². The van der Waals surface area contributed by atoms with Gasteiger partial charge >= 0.3 is 5.97 Å². The average Bonchev–Trinajstić information content (AvgIpc) is 2.63. The molecule has 0 spiro atoms. The van der Waals surface area contributed by atoms with E-state index in [-0.39, 0.29) is 0 Å². The molecule has 0 aromatic carbocycles. The molecule has 2 heterocycles. The maximum absolute atomic E-state index is 11.1. The summed E-state index contributed by atoms with van der Waals surface area (Å²) in [5.41, 5.74) is 1.09. The summed E-state index contributed by atoms with van der Waals surface area (Å²) < 4.78 is 6.06. The second-order valence-electron chi connectivity index (χ2n) is 2.47. The highest BCUT2D eigenvalue weighted by Gasteiger charge is 2.06. The zero-order chi connectivity index (χ0) is 9.26. The molecule has 0 amide bonds. The molecule has 66 valence electrons. The molecule has 0 atom stereocenters. The Hall–Kier alpha value is -1.91. The fourth-order valence-corrected chi connectivity index (χ4v) is 1.03. The van der Waals surface area contributed by atoms with Gasteiger partial charge in [0.15, 0.2) is 5.65 Å². The van der Waals surface area contributed by atoms with Gasteiger partial charge in [-0.05, 0) is 0 Å². The number of carbonyl (C=O) groups excluding carboxylic acids is 1. The Bertz CT molecular complexity index is 449. The van der Waals surface area contributed by atoms with E-state index in [1.807, 2.05) is 0 Å². The summed E-state index contributed by atoms with van der Waals surface area (Å²) in [7, 11) is 1.33. The summed E-state index contributed by atoms with van der Waals surface area (Å²) in [5, 5.41) is 3.94. The van der Waals surface area contributed by atoms with Crippen LogP contribution in [-0.2, 0) is 4.74 Å². The number of hydrogen-bond acceptors (Lipinski definition) is 4. The van der Waals surface area contributed by atoms with Crippen molar-refractivity contribution in [2.75, 3.05) is 7.11 Å². The van der Waals surface area contributed by atoms with E-state index in [4.69, 9.17) is 0 Å². The third-order valence-electron chi connectivity index (χ3n) is 1.67. The molecule has 0 bridgehead atoms. The van der Waals surface area contributed by atoms with Gasteiger partial charge in [0.2, 0.25) is 0 Å². The molecular weight excluding hydrogens is 170 g/mol. The summed E-state index contributed by atoms with van der Waals surface area (Å²) in [6.45, 7) is 0. The Kier molecular flexibility index (Phi) is 1.70. The minimum absolute atomic E-state index is 0.388. The Balaban J connectivity index is 2.54. The maximum atomic E-state index is 11.1. The molecule has 2 rings (SSSR count). The van der Waals surface area contributed by atoms with Crippen LogP contribution >= 0.6 is 0 Å². The van der Waals surface area contributed by atoms with Crippen LogP contribution in [0.15, 0.2) is 24.7 Å². The van der Waals surface area contributed by atoms with Crippen LogP contribution in [0, 0.1) is 0 Å². The van der Waals surface area contributed by atoms with Crippen molar-refractivity contribution in [2.45, 2.75) is 0 Å². The molecule has 0 aliphatic rings. The molecule has 0 radical (unpaired) electrons. The first-order valence-electron chi connectivity index (χ1n) is 3.69. The van der Waals surface area contributed by atoms with Gasteiger partial charge in [-0.1, -0.05) is 0 Å². The van der Waals surface area contributed by atoms with Crippen molar-refractivity contribution in [3.63, 3.8) is 0 Å². The van der Waals surface area contributed by atoms with Crippen molar-refractivity contribution in [2.24, 2.45) is 0 Å². The average molecular weight is 177 g/mol. The summed E-state index contributed by atoms with van der Waals surface area (Å²) in [5.74, 6) is -0.412. The van der Waals surface area contributed by atoms with Gasteiger partial charge < -0.3 is 4.74 Å². The van der Waals surface area contributed by atoms with E-state index < -0.39 is 5.97 Å². The zero-order valence-corrected chi connectivity index (χ0v) is 6.97. The van der Waals surface area contributed by atoms with Crippen molar-refractivity contribution in [3.8, 4) is 0 Å². The van der Waals surface area contributed by atoms with Gasteiger partial charge in [-0.3, -0.25) is 0 Å². The van der Waals surface area contributed by atoms with E-state index in [1.54, 1.807) is 18.5 Å². The molecule has 0 N–H and O–H groups in total. The zero-order valence-electron chi connectivity index (χ0n) is 6.97. The molecule has 2 aromatic heterocycles. The number of fused-ring (bicyclic) bond motifs is 1. The molecule has 13 heavy (non-hydrogen) atoms. The molecule has 5 nitrogen and oxygen atoms in total. The van der Waals surface area contributed by atoms with E-state index in [2.05, 4.69) is 14.8 Å². The quantitative estimate of drug-likeness (QED) is 0.596. The fraction of sp³-hybridized carbons (Fsp3) is 0.125. The Morgan fingerprint density at radius 3 is 3.23 bits per heavy atom. The molecule has 0 aliphatic heterocycles. The van der Waals surface area contributed by atoms with Crippen LogP contribution in [0.2, 0.25) is 0 Å². The topological polar surface area (TPSA) is 56.5 Å². The van der Waals surface area contributed by atoms with Crippen molar-refractivity contribution in [1.29, 1.82) is 0 Å². The first-order valence-corrected chi connectivity index (χ1v) is 3.69. The van der Waals surface area contributed by atoms with Gasteiger partial charge in [0.05, 0.1) is 18.9 Å². The first-order chi connectivity index (χ1) is 6.31. The van der Waals surface area contributed by atoms with Crippen molar-refractivity contribution >= 4 is 11.6 Å². The largest absolute Gasteiger partial charge is 0.465 e. The van der Waals surface area contributed by atoms with Gasteiger partial charge in [0.1, 0.15) is 0 Å². The lowest BCUT2D eigenvalue weighted by Gasteiger charge is -1.98. The molecule has 0 aliphatic carbocycles. The number of rotatable bonds is 1. The summed E-state index contributed by atoms with van der Waals surface area (Å²) in [4.78, 5) is 15.1. The number of hydrogen-bond donors (Lipinski definition) is 0. The monoisotopic (exact) mass is 177 g/mol. The molecule has 0 saturated heterocycles. The fourth-order valence-electron chi connectivity index (χ4n) is 1.03. The lowest BCUT2D eigenvalue weighted by atomic mass is 10.3. The Labute approximate surface area is 74.0 Å². The lowest BCUT2D eigenvalue weighted by Crippen LogP contribution is -2.04. The van der Waals surface area contributed by atoms with Crippen LogP contribution in [0.4, 0.5) is 0 Å². The van der Waals surface area contributed by atoms with E-state index in [0.29, 0.717) is 11.2 Å². The number of esters is 1. The third-order valence-corrected chi connectivity index (χ3v) is 1.67. The van der Waals surface area contributed by atoms with Crippen molar-refractivity contribution < 1.29 is 9.53 Å². The van der Waals surface area contributed by atoms with Crippen LogP contribution < -0.4 is 0 Å². The normalized spacial score (nSPS) is 10.2. The number of nitrogens with zero attached hydrogens (tertiary/aromatic N) is 3. The van der Waals surface area contributed by atoms with Gasteiger partial charge in [-0.25, -0.2) is 14.3 Å². The summed E-state index contributed by atoms with van der Waals surface area (Å²) >= 11 is 0. The molecule has 2 aromatic rings. The predicted molar refractivity (Wildman–Crippen MR) is 44.3 cm³/mol. The van der Waals surface area contributed by atoms with E-state index in [1.165, 1.54) is 17.8 Å². The molecular formula is C8H7N3O2. The Morgan fingerprint density at radius 1 is 1.62 bits per heavy atom. The van der Waals surface area contributed by atoms with Crippen LogP contribution in [0.25, 0.3) is 5.65 Å². The van der Waals surface area contributed by atoms with Crippen LogP contribution in [-0.4, -0.2) is 27.7 Å². The molecule has 5 heteroatoms. The summed E-state index contributed by atoms with van der Waals surface area (Å²) in [6.07, 6.45) is 4.65. The highest BCUT2D eigenvalue weighted by molar-refractivity contribution is 5.88. The predicted octanol–water partition coefficient (Wildman–Crippen LogP) is 0.516. The highest BCUT2D eigenvalue weighted by Crippen LogP contribution is 2.02. The van der Waals surface area contributed by atoms with Crippen LogP contribution in [0.3, 0.4) is 0 Å². The van der Waals surface area contributed by atoms with E-state index in [0.717, 1.165) is 0 Å². The number of aromatic nitrogens is 3. The molecule has 0 fully saturated rings. The third kappa shape index (κ3) is 1.24.